The first-order valence-electron chi connectivity index (χ1n) is 37.0. The number of fused-ring (bicyclic) bond motifs is 2. The number of carbonyl (C=O) groups is 5. The van der Waals surface area contributed by atoms with E-state index in [-0.39, 0.29) is 79.3 Å². The zero-order chi connectivity index (χ0) is 82.0. The second-order valence-electron chi connectivity index (χ2n) is 27.9. The van der Waals surface area contributed by atoms with Crippen molar-refractivity contribution in [2.75, 3.05) is 39.4 Å². The van der Waals surface area contributed by atoms with Crippen LogP contribution in [0.2, 0.25) is 0 Å². The molecule has 114 heavy (non-hydrogen) atoms. The maximum atomic E-state index is 14.7. The number of nitrogens with one attached hydrogen (secondary N) is 2. The first-order valence-corrected chi connectivity index (χ1v) is 37.0. The second-order valence-corrected chi connectivity index (χ2v) is 27.9. The van der Waals surface area contributed by atoms with Gasteiger partial charge in [-0.25, -0.2) is 28.3 Å². The molecule has 23 nitrogen and oxygen atoms in total. The van der Waals surface area contributed by atoms with Gasteiger partial charge in [0.25, 0.3) is 11.1 Å². The molecular weight excluding hydrogens is 1490 g/mol. The van der Waals surface area contributed by atoms with Gasteiger partial charge in [-0.05, 0) is 218 Å². The molecule has 2 aliphatic heterocycles. The van der Waals surface area contributed by atoms with E-state index >= 15 is 0 Å². The van der Waals surface area contributed by atoms with Gasteiger partial charge in [0, 0.05) is 51.0 Å². The number of amides is 4. The molecule has 10 aromatic rings. The molecule has 0 aliphatic carbocycles. The van der Waals surface area contributed by atoms with Crippen molar-refractivity contribution in [3.8, 4) is 22.9 Å². The lowest BCUT2D eigenvalue weighted by Crippen LogP contribution is -2.43. The Morgan fingerprint density at radius 2 is 1.07 bits per heavy atom. The minimum Gasteiger partial charge on any atom is -0.494 e. The minimum absolute atomic E-state index is 0.00638. The van der Waals surface area contributed by atoms with Crippen LogP contribution in [0.5, 0.6) is 11.5 Å². The third-order valence-corrected chi connectivity index (χ3v) is 18.6. The number of ether oxygens (including phenoxy) is 3. The molecule has 0 saturated carbocycles. The smallest absolute Gasteiger partial charge is 0.419 e. The lowest BCUT2D eigenvalue weighted by Gasteiger charge is -2.33. The number of likely N-dealkylation sites (tertiary alicyclic amines) is 1. The SMILES string of the molecule is CC(C)(C)OC(=O)N1CCC[C@@H]1C(=O)O.CCOc1ccc(-n2c(C(CCN)N(Cc3cccnc3)C(=O)Cc3ccc(C(F)(F)F)c(F)c3)nc3ccccc3c2=O)cc1.CCOc1ccc(-n2c(C(CCNC(=O)[C@H]3CCCN3)N(Cc3cccnc3)C(=O)Cc3ccc(C(F)(F)F)c(F)c3)nc3ccccc3c2=O)cc1. The molecule has 4 atom stereocenters. The molecule has 0 spiro atoms. The van der Waals surface area contributed by atoms with Gasteiger partial charge in [-0.15, -0.1) is 0 Å². The van der Waals surface area contributed by atoms with Crippen LogP contribution in [-0.2, 0) is 62.2 Å². The monoisotopic (exact) mass is 1580 g/mol. The fraction of sp³-hybridized carbons (Fsp3) is 0.337. The zero-order valence-corrected chi connectivity index (χ0v) is 63.1. The molecule has 4 amide bonds. The number of nitrogens with two attached hydrogens (primary N) is 1. The quantitative estimate of drug-likeness (QED) is 0.0387. The molecule has 6 aromatic carbocycles. The molecule has 12 rings (SSSR count). The van der Waals surface area contributed by atoms with E-state index in [9.17, 15) is 68.7 Å². The van der Waals surface area contributed by atoms with Gasteiger partial charge in [-0.2, -0.15) is 26.3 Å². The molecule has 5 N–H and O–H groups in total. The predicted octanol–water partition coefficient (Wildman–Crippen LogP) is 13.4. The molecular formula is C83H86F8N12O11. The average molecular weight is 1580 g/mol. The number of carboxylic acids is 1. The van der Waals surface area contributed by atoms with Gasteiger partial charge >= 0.3 is 24.4 Å². The number of benzene rings is 6. The Hall–Kier alpha value is -12.0. The van der Waals surface area contributed by atoms with Crippen LogP contribution in [-0.4, -0.2) is 136 Å². The molecule has 2 unspecified atom stereocenters. The highest BCUT2D eigenvalue weighted by molar-refractivity contribution is 5.84. The van der Waals surface area contributed by atoms with Crippen LogP contribution in [0.3, 0.4) is 0 Å². The van der Waals surface area contributed by atoms with Gasteiger partial charge in [0.05, 0.1) is 88.5 Å². The number of alkyl halides is 6. The molecule has 0 bridgehead atoms. The standard InChI is InChI=1S/C39H38F4N6O4.C34H31F4N5O3.C10H17NO4/c1-2-53-28-14-12-27(13-15-28)49-36(47-32-9-4-3-8-29(32)38(49)52)34(17-20-46-37(51)33-10-6-19-45-33)48(24-26-7-5-18-44-23-26)35(50)22-25-11-16-30(31(40)21-25)39(41,42)43;1-2-46-25-12-10-24(11-13-25)43-32(41-29-8-4-3-7-26(29)33(43)45)30(15-16-39)42(21-23-6-5-17-40-20-23)31(44)19-22-9-14-27(28(35)18-22)34(36,37)38;1-10(2,3)15-9(14)11-6-4-5-7(11)8(12)13/h3-5,7-9,11-16,18,21,23,33-34,45H,2,6,10,17,19-20,22,24H2,1H3,(H,46,51);3-14,17-18,20,30H,2,15-16,19,21,39H2,1H3;7H,4-6H2,1-3H3,(H,12,13)/t33-,34?;;7-/m1.1/s1. The first-order chi connectivity index (χ1) is 54.4. The second kappa shape index (κ2) is 38.0. The van der Waals surface area contributed by atoms with E-state index in [0.29, 0.717) is 119 Å². The predicted molar refractivity (Wildman–Crippen MR) is 408 cm³/mol. The fourth-order valence-corrected chi connectivity index (χ4v) is 13.4. The lowest BCUT2D eigenvalue weighted by atomic mass is 10.0. The summed E-state index contributed by atoms with van der Waals surface area (Å²) in [6, 6.07) is 36.1. The highest BCUT2D eigenvalue weighted by atomic mass is 19.4. The number of para-hydroxylation sites is 2. The zero-order valence-electron chi connectivity index (χ0n) is 63.1. The number of pyridine rings is 2. The molecule has 6 heterocycles. The maximum absolute atomic E-state index is 14.7. The van der Waals surface area contributed by atoms with Crippen molar-refractivity contribution in [2.45, 2.75) is 141 Å². The van der Waals surface area contributed by atoms with Gasteiger partial charge in [0.15, 0.2) is 0 Å². The summed E-state index contributed by atoms with van der Waals surface area (Å²) in [6.45, 7) is 11.2. The van der Waals surface area contributed by atoms with Crippen LogP contribution in [0.25, 0.3) is 33.2 Å². The van der Waals surface area contributed by atoms with E-state index in [0.717, 1.165) is 25.0 Å². The van der Waals surface area contributed by atoms with Crippen LogP contribution >= 0.6 is 0 Å². The number of nitrogens with zero attached hydrogens (tertiary/aromatic N) is 9. The Morgan fingerprint density at radius 1 is 0.605 bits per heavy atom. The minimum atomic E-state index is -4.91. The van der Waals surface area contributed by atoms with Crippen molar-refractivity contribution >= 4 is 51.6 Å². The Labute approximate surface area is 650 Å². The van der Waals surface area contributed by atoms with Crippen molar-refractivity contribution in [1.82, 2.24) is 54.4 Å². The Kier molecular flexibility index (Phi) is 28.2. The normalized spacial score (nSPS) is 14.7. The third-order valence-electron chi connectivity index (χ3n) is 18.6. The summed E-state index contributed by atoms with van der Waals surface area (Å²) in [4.78, 5) is 115. The number of carbonyl (C=O) groups excluding carboxylic acids is 4. The van der Waals surface area contributed by atoms with Crippen LogP contribution in [0.4, 0.5) is 39.9 Å². The molecule has 2 aliphatic rings. The van der Waals surface area contributed by atoms with E-state index in [1.165, 1.54) is 23.8 Å². The number of hydrogen-bond donors (Lipinski definition) is 4. The summed E-state index contributed by atoms with van der Waals surface area (Å²) in [6.07, 6.45) is -1.90. The number of carboxylic acid groups (broad SMARTS) is 1. The Morgan fingerprint density at radius 3 is 1.46 bits per heavy atom. The summed E-state index contributed by atoms with van der Waals surface area (Å²) in [5.41, 5.74) is 4.89. The van der Waals surface area contributed by atoms with E-state index in [1.54, 1.807) is 167 Å². The highest BCUT2D eigenvalue weighted by Gasteiger charge is 2.39. The number of aromatic nitrogens is 6. The molecule has 31 heteroatoms. The number of aliphatic carboxylic acids is 1. The van der Waals surface area contributed by atoms with Gasteiger partial charge in [0.1, 0.15) is 46.4 Å². The van der Waals surface area contributed by atoms with E-state index in [4.69, 9.17) is 35.0 Å². The van der Waals surface area contributed by atoms with Crippen LogP contribution in [0, 0.1) is 11.6 Å². The number of hydrogen-bond acceptors (Lipinski definition) is 16. The van der Waals surface area contributed by atoms with Gasteiger partial charge in [0.2, 0.25) is 17.7 Å². The van der Waals surface area contributed by atoms with Crippen molar-refractivity contribution in [2.24, 2.45) is 5.73 Å². The van der Waals surface area contributed by atoms with Crippen LogP contribution in [0.15, 0.2) is 192 Å². The summed E-state index contributed by atoms with van der Waals surface area (Å²) < 4.78 is 128. The topological polar surface area (TPSA) is 289 Å². The number of rotatable bonds is 25. The van der Waals surface area contributed by atoms with Gasteiger partial charge in [-0.1, -0.05) is 48.5 Å². The Balaban J connectivity index is 0.000000205. The third kappa shape index (κ3) is 21.6. The van der Waals surface area contributed by atoms with E-state index in [1.807, 2.05) is 13.8 Å². The summed E-state index contributed by atoms with van der Waals surface area (Å²) in [5.74, 6) is -3.67. The number of halogens is 8. The van der Waals surface area contributed by atoms with Gasteiger partial charge < -0.3 is 45.5 Å². The Bertz CT molecular complexity index is 5120. The van der Waals surface area contributed by atoms with Crippen molar-refractivity contribution < 1.29 is 78.4 Å². The largest absolute Gasteiger partial charge is 0.494 e. The summed E-state index contributed by atoms with van der Waals surface area (Å²) in [7, 11) is 0. The van der Waals surface area contributed by atoms with Crippen molar-refractivity contribution in [3.05, 3.63) is 260 Å². The maximum Gasteiger partial charge on any atom is 0.419 e. The fourth-order valence-electron chi connectivity index (χ4n) is 13.4. The highest BCUT2D eigenvalue weighted by Crippen LogP contribution is 2.36. The average Bonchev–Trinajstić information content (AvgIpc) is 0.997. The molecule has 2 fully saturated rings. The van der Waals surface area contributed by atoms with Crippen molar-refractivity contribution in [1.29, 1.82) is 0 Å². The van der Waals surface area contributed by atoms with E-state index < -0.39 is 101 Å². The first kappa shape index (κ1) is 84.5. The van der Waals surface area contributed by atoms with Crippen LogP contribution < -0.4 is 37.0 Å². The molecule has 2 saturated heterocycles. The molecule has 4 aromatic heterocycles. The van der Waals surface area contributed by atoms with Crippen molar-refractivity contribution in [3.63, 3.8) is 0 Å². The summed E-state index contributed by atoms with van der Waals surface area (Å²) in [5, 5.41) is 15.7. The molecule has 600 valence electrons. The lowest BCUT2D eigenvalue weighted by molar-refractivity contribution is -0.142. The summed E-state index contributed by atoms with van der Waals surface area (Å²) >= 11 is 0. The molecule has 0 radical (unpaired) electrons. The van der Waals surface area contributed by atoms with Crippen LogP contribution in [0.1, 0.15) is 130 Å². The van der Waals surface area contributed by atoms with Gasteiger partial charge in [-0.3, -0.25) is 48.0 Å². The van der Waals surface area contributed by atoms with E-state index in [2.05, 4.69) is 20.6 Å².